The van der Waals surface area contributed by atoms with Crippen molar-refractivity contribution in [1.29, 1.82) is 0 Å². The fourth-order valence-electron chi connectivity index (χ4n) is 2.61. The summed E-state index contributed by atoms with van der Waals surface area (Å²) in [4.78, 5) is 32.5. The van der Waals surface area contributed by atoms with Crippen molar-refractivity contribution in [2.45, 2.75) is 6.54 Å². The normalized spacial score (nSPS) is 10.8. The maximum absolute atomic E-state index is 12.3. The molecule has 1 aromatic carbocycles. The van der Waals surface area contributed by atoms with E-state index in [9.17, 15) is 9.59 Å². The van der Waals surface area contributed by atoms with Gasteiger partial charge in [-0.3, -0.25) is 9.59 Å². The fourth-order valence-corrected chi connectivity index (χ4v) is 2.61. The average Bonchev–Trinajstić information content (AvgIpc) is 3.24. The molecular formula is C18H15N7O2. The van der Waals surface area contributed by atoms with E-state index in [1.807, 2.05) is 30.3 Å². The first-order valence-corrected chi connectivity index (χ1v) is 8.28. The zero-order valence-electron chi connectivity index (χ0n) is 14.2. The first kappa shape index (κ1) is 16.6. The molecule has 4 aromatic rings. The summed E-state index contributed by atoms with van der Waals surface area (Å²) in [6.45, 7) is 0.460. The summed E-state index contributed by atoms with van der Waals surface area (Å²) in [5.41, 5.74) is 0.811. The predicted octanol–water partition coefficient (Wildman–Crippen LogP) is 0.802. The molecule has 9 heteroatoms. The molecule has 1 amide bonds. The van der Waals surface area contributed by atoms with E-state index in [0.29, 0.717) is 11.5 Å². The molecule has 0 atom stereocenters. The Morgan fingerprint density at radius 1 is 1.07 bits per heavy atom. The van der Waals surface area contributed by atoms with E-state index in [1.165, 1.54) is 28.1 Å². The monoisotopic (exact) mass is 361 g/mol. The highest BCUT2D eigenvalue weighted by Crippen LogP contribution is 2.11. The fraction of sp³-hybridized carbons (Fsp3) is 0.111. The standard InChI is InChI=1S/C18H15N7O2/c26-17-8-7-16(25-12-19-11-21-25)23-24(17)10-9-20-18(27)15-6-5-13-3-1-2-4-14(13)22-15/h1-8,11-12H,9-10H2,(H,20,27). The number of benzene rings is 1. The van der Waals surface area contributed by atoms with Gasteiger partial charge in [-0.15, -0.1) is 5.10 Å². The minimum Gasteiger partial charge on any atom is -0.349 e. The van der Waals surface area contributed by atoms with E-state index in [0.717, 1.165) is 10.9 Å². The lowest BCUT2D eigenvalue weighted by Gasteiger charge is -2.08. The smallest absolute Gasteiger partial charge is 0.269 e. The Morgan fingerprint density at radius 3 is 2.81 bits per heavy atom. The lowest BCUT2D eigenvalue weighted by atomic mass is 10.2. The van der Waals surface area contributed by atoms with Gasteiger partial charge in [-0.25, -0.2) is 19.3 Å². The van der Waals surface area contributed by atoms with Crippen LogP contribution in [-0.4, -0.2) is 42.0 Å². The molecule has 3 aromatic heterocycles. The van der Waals surface area contributed by atoms with Gasteiger partial charge in [0.25, 0.3) is 11.5 Å². The van der Waals surface area contributed by atoms with Crippen LogP contribution in [-0.2, 0) is 6.54 Å². The molecule has 0 aliphatic carbocycles. The molecule has 3 heterocycles. The minimum absolute atomic E-state index is 0.223. The molecule has 0 aliphatic heterocycles. The van der Waals surface area contributed by atoms with Crippen LogP contribution in [0.25, 0.3) is 16.7 Å². The van der Waals surface area contributed by atoms with Gasteiger partial charge in [-0.05, 0) is 18.2 Å². The Kier molecular flexibility index (Phi) is 4.40. The molecule has 0 saturated heterocycles. The molecular weight excluding hydrogens is 346 g/mol. The summed E-state index contributed by atoms with van der Waals surface area (Å²) < 4.78 is 2.72. The molecule has 27 heavy (non-hydrogen) atoms. The zero-order chi connectivity index (χ0) is 18.6. The number of amides is 1. The Hall–Kier alpha value is -3.88. The number of hydrogen-bond donors (Lipinski definition) is 1. The molecule has 0 spiro atoms. The second-order valence-electron chi connectivity index (χ2n) is 5.74. The van der Waals surface area contributed by atoms with E-state index in [2.05, 4.69) is 25.5 Å². The number of pyridine rings is 1. The van der Waals surface area contributed by atoms with Crippen molar-refractivity contribution >= 4 is 16.8 Å². The van der Waals surface area contributed by atoms with E-state index >= 15 is 0 Å². The van der Waals surface area contributed by atoms with Crippen molar-refractivity contribution in [1.82, 2.24) is 34.8 Å². The maximum atomic E-state index is 12.3. The number of carbonyl (C=O) groups is 1. The largest absolute Gasteiger partial charge is 0.349 e. The van der Waals surface area contributed by atoms with Crippen LogP contribution in [0.5, 0.6) is 0 Å². The van der Waals surface area contributed by atoms with E-state index in [4.69, 9.17) is 0 Å². The summed E-state index contributed by atoms with van der Waals surface area (Å²) >= 11 is 0. The van der Waals surface area contributed by atoms with Gasteiger partial charge in [0.1, 0.15) is 18.3 Å². The lowest BCUT2D eigenvalue weighted by Crippen LogP contribution is -2.32. The minimum atomic E-state index is -0.304. The molecule has 4 rings (SSSR count). The summed E-state index contributed by atoms with van der Waals surface area (Å²) in [7, 11) is 0. The highest BCUT2D eigenvalue weighted by Gasteiger charge is 2.08. The van der Waals surface area contributed by atoms with E-state index < -0.39 is 0 Å². The van der Waals surface area contributed by atoms with Gasteiger partial charge >= 0.3 is 0 Å². The number of para-hydroxylation sites is 1. The number of fused-ring (bicyclic) bond motifs is 1. The van der Waals surface area contributed by atoms with Crippen LogP contribution in [0.3, 0.4) is 0 Å². The van der Waals surface area contributed by atoms with Crippen LogP contribution in [0.1, 0.15) is 10.5 Å². The lowest BCUT2D eigenvalue weighted by molar-refractivity contribution is 0.0947. The Balaban J connectivity index is 1.44. The number of nitrogens with zero attached hydrogens (tertiary/aromatic N) is 6. The van der Waals surface area contributed by atoms with Gasteiger partial charge in [-0.1, -0.05) is 24.3 Å². The highest BCUT2D eigenvalue weighted by atomic mass is 16.2. The molecule has 0 bridgehead atoms. The van der Waals surface area contributed by atoms with Gasteiger partial charge in [-0.2, -0.15) is 5.10 Å². The quantitative estimate of drug-likeness (QED) is 0.563. The average molecular weight is 361 g/mol. The Bertz CT molecular complexity index is 1150. The molecule has 0 fully saturated rings. The number of nitrogens with one attached hydrogen (secondary N) is 1. The predicted molar refractivity (Wildman–Crippen MR) is 97.5 cm³/mol. The van der Waals surface area contributed by atoms with Crippen molar-refractivity contribution in [2.75, 3.05) is 6.54 Å². The Labute approximate surface area is 153 Å². The van der Waals surface area contributed by atoms with Crippen molar-refractivity contribution < 1.29 is 4.79 Å². The third kappa shape index (κ3) is 3.56. The number of aromatic nitrogens is 6. The number of rotatable bonds is 5. The van der Waals surface area contributed by atoms with Crippen LogP contribution in [0.4, 0.5) is 0 Å². The zero-order valence-corrected chi connectivity index (χ0v) is 14.2. The van der Waals surface area contributed by atoms with Crippen LogP contribution in [0.2, 0.25) is 0 Å². The van der Waals surface area contributed by atoms with E-state index in [-0.39, 0.29) is 24.6 Å². The summed E-state index contributed by atoms with van der Waals surface area (Å²) in [6, 6.07) is 14.1. The van der Waals surface area contributed by atoms with Crippen molar-refractivity contribution in [3.8, 4) is 5.82 Å². The van der Waals surface area contributed by atoms with Gasteiger partial charge < -0.3 is 5.32 Å². The first-order chi connectivity index (χ1) is 13.2. The van der Waals surface area contributed by atoms with Gasteiger partial charge in [0.2, 0.25) is 0 Å². The van der Waals surface area contributed by atoms with Gasteiger partial charge in [0.15, 0.2) is 5.82 Å². The molecule has 9 nitrogen and oxygen atoms in total. The molecule has 0 aliphatic rings. The SMILES string of the molecule is O=C(NCCn1nc(-n2cncn2)ccc1=O)c1ccc2ccccc2n1. The summed E-state index contributed by atoms with van der Waals surface area (Å²) in [6.07, 6.45) is 2.87. The third-order valence-electron chi connectivity index (χ3n) is 3.95. The second-order valence-corrected chi connectivity index (χ2v) is 5.74. The van der Waals surface area contributed by atoms with Crippen LogP contribution in [0.15, 0.2) is 66.0 Å². The van der Waals surface area contributed by atoms with Crippen LogP contribution < -0.4 is 10.9 Å². The topological polar surface area (TPSA) is 108 Å². The Morgan fingerprint density at radius 2 is 1.96 bits per heavy atom. The summed E-state index contributed by atoms with van der Waals surface area (Å²) in [5, 5.41) is 11.9. The van der Waals surface area contributed by atoms with E-state index in [1.54, 1.807) is 12.1 Å². The maximum Gasteiger partial charge on any atom is 0.269 e. The number of carbonyl (C=O) groups excluding carboxylic acids is 1. The summed E-state index contributed by atoms with van der Waals surface area (Å²) in [5.74, 6) is 0.163. The molecule has 0 unspecified atom stereocenters. The van der Waals surface area contributed by atoms with Crippen molar-refractivity contribution in [3.05, 3.63) is 77.2 Å². The van der Waals surface area contributed by atoms with Crippen molar-refractivity contribution in [3.63, 3.8) is 0 Å². The van der Waals surface area contributed by atoms with Crippen molar-refractivity contribution in [2.24, 2.45) is 0 Å². The van der Waals surface area contributed by atoms with Crippen LogP contribution in [0, 0.1) is 0 Å². The highest BCUT2D eigenvalue weighted by molar-refractivity contribution is 5.94. The third-order valence-corrected chi connectivity index (χ3v) is 3.95. The molecule has 1 N–H and O–H groups in total. The van der Waals surface area contributed by atoms with Crippen LogP contribution >= 0.6 is 0 Å². The molecule has 0 radical (unpaired) electrons. The second kappa shape index (κ2) is 7.16. The van der Waals surface area contributed by atoms with Gasteiger partial charge in [0, 0.05) is 18.0 Å². The first-order valence-electron chi connectivity index (χ1n) is 8.28. The molecule has 134 valence electrons. The molecule has 0 saturated carbocycles. The van der Waals surface area contributed by atoms with Gasteiger partial charge in [0.05, 0.1) is 12.1 Å². The number of hydrogen-bond acceptors (Lipinski definition) is 6.